The number of hydrogen-bond acceptors (Lipinski definition) is 4. The first kappa shape index (κ1) is 16.8. The Bertz CT molecular complexity index is 523. The molecule has 0 N–H and O–H groups in total. The van der Waals surface area contributed by atoms with Crippen molar-refractivity contribution in [3.8, 4) is 5.75 Å². The van der Waals surface area contributed by atoms with Crippen LogP contribution in [-0.4, -0.2) is 43.1 Å². The molecule has 0 unspecified atom stereocenters. The molecule has 1 aromatic carbocycles. The molecule has 1 heterocycles. The summed E-state index contributed by atoms with van der Waals surface area (Å²) >= 11 is 3.36. The minimum absolute atomic E-state index is 0.0498. The Morgan fingerprint density at radius 2 is 1.82 bits per heavy atom. The summed E-state index contributed by atoms with van der Waals surface area (Å²) in [5.41, 5.74) is 0. The van der Waals surface area contributed by atoms with Gasteiger partial charge in [-0.2, -0.15) is 0 Å². The highest BCUT2D eigenvalue weighted by Gasteiger charge is 2.30. The predicted molar refractivity (Wildman–Crippen MR) is 85.6 cm³/mol. The number of hydrogen-bond donors (Lipinski definition) is 0. The third kappa shape index (κ3) is 4.22. The third-order valence-corrected chi connectivity index (χ3v) is 4.34. The quantitative estimate of drug-likeness (QED) is 0.765. The van der Waals surface area contributed by atoms with Crippen LogP contribution >= 0.6 is 15.9 Å². The molecule has 0 aromatic heterocycles. The molecule has 1 amide bonds. The van der Waals surface area contributed by atoms with Crippen molar-refractivity contribution in [2.45, 2.75) is 25.9 Å². The molecule has 1 fully saturated rings. The van der Waals surface area contributed by atoms with E-state index in [0.29, 0.717) is 31.7 Å². The molecule has 1 aromatic rings. The number of rotatable bonds is 4. The van der Waals surface area contributed by atoms with Crippen molar-refractivity contribution in [3.05, 3.63) is 28.7 Å². The molecule has 0 aliphatic carbocycles. The van der Waals surface area contributed by atoms with E-state index in [1.165, 1.54) is 7.11 Å². The largest absolute Gasteiger partial charge is 0.481 e. The summed E-state index contributed by atoms with van der Waals surface area (Å²) in [6.07, 6.45) is 0.739. The van der Waals surface area contributed by atoms with Gasteiger partial charge in [-0.3, -0.25) is 9.59 Å². The van der Waals surface area contributed by atoms with E-state index in [1.54, 1.807) is 11.8 Å². The van der Waals surface area contributed by atoms with Crippen molar-refractivity contribution in [1.82, 2.24) is 4.90 Å². The number of nitrogens with zero attached hydrogens (tertiary/aromatic N) is 1. The van der Waals surface area contributed by atoms with Crippen LogP contribution in [0.1, 0.15) is 19.8 Å². The van der Waals surface area contributed by atoms with Crippen LogP contribution in [0.3, 0.4) is 0 Å². The first-order chi connectivity index (χ1) is 10.5. The number of ether oxygens (including phenoxy) is 2. The minimum atomic E-state index is -0.546. The zero-order chi connectivity index (χ0) is 16.1. The molecule has 5 nitrogen and oxygen atoms in total. The van der Waals surface area contributed by atoms with E-state index in [1.807, 2.05) is 24.3 Å². The van der Waals surface area contributed by atoms with Gasteiger partial charge in [-0.05, 0) is 44.0 Å². The van der Waals surface area contributed by atoms with E-state index < -0.39 is 6.10 Å². The highest BCUT2D eigenvalue weighted by molar-refractivity contribution is 9.10. The van der Waals surface area contributed by atoms with Crippen molar-refractivity contribution in [1.29, 1.82) is 0 Å². The number of carbonyl (C=O) groups excluding carboxylic acids is 2. The summed E-state index contributed by atoms with van der Waals surface area (Å²) in [6, 6.07) is 7.37. The van der Waals surface area contributed by atoms with Crippen LogP contribution in [0.25, 0.3) is 0 Å². The smallest absolute Gasteiger partial charge is 0.308 e. The van der Waals surface area contributed by atoms with Crippen LogP contribution in [0.5, 0.6) is 5.75 Å². The summed E-state index contributed by atoms with van der Waals surface area (Å²) in [4.78, 5) is 25.6. The van der Waals surface area contributed by atoms with Gasteiger partial charge < -0.3 is 14.4 Å². The second-order valence-corrected chi connectivity index (χ2v) is 6.25. The van der Waals surface area contributed by atoms with E-state index >= 15 is 0 Å². The number of carbonyl (C=O) groups is 2. The van der Waals surface area contributed by atoms with Gasteiger partial charge in [0.1, 0.15) is 5.75 Å². The Labute approximate surface area is 138 Å². The summed E-state index contributed by atoms with van der Waals surface area (Å²) in [6.45, 7) is 2.87. The standard InChI is InChI=1S/C16H20BrNO4/c1-11(22-14-5-3-13(17)4-6-14)15(19)18-9-7-12(8-10-18)16(20)21-2/h3-6,11-12H,7-10H2,1-2H3/t11-/m1/s1. The van der Waals surface area contributed by atoms with Crippen LogP contribution in [0.4, 0.5) is 0 Å². The van der Waals surface area contributed by atoms with E-state index in [9.17, 15) is 9.59 Å². The molecule has 1 saturated heterocycles. The third-order valence-electron chi connectivity index (χ3n) is 3.82. The molecule has 22 heavy (non-hydrogen) atoms. The van der Waals surface area contributed by atoms with Gasteiger partial charge in [0, 0.05) is 17.6 Å². The molecule has 0 radical (unpaired) electrons. The number of benzene rings is 1. The molecule has 0 bridgehead atoms. The lowest BCUT2D eigenvalue weighted by Gasteiger charge is -2.32. The summed E-state index contributed by atoms with van der Waals surface area (Å²) in [7, 11) is 1.40. The van der Waals surface area contributed by atoms with Gasteiger partial charge in [0.05, 0.1) is 13.0 Å². The number of likely N-dealkylation sites (tertiary alicyclic amines) is 1. The summed E-state index contributed by atoms with van der Waals surface area (Å²) in [5.74, 6) is 0.322. The lowest BCUT2D eigenvalue weighted by molar-refractivity contribution is -0.150. The fourth-order valence-corrected chi connectivity index (χ4v) is 2.79. The van der Waals surface area contributed by atoms with Gasteiger partial charge in [-0.1, -0.05) is 15.9 Å². The van der Waals surface area contributed by atoms with E-state index in [-0.39, 0.29) is 17.8 Å². The van der Waals surface area contributed by atoms with Gasteiger partial charge >= 0.3 is 5.97 Å². The Balaban J connectivity index is 1.86. The normalized spacial score (nSPS) is 17.0. The van der Waals surface area contributed by atoms with Gasteiger partial charge in [-0.25, -0.2) is 0 Å². The summed E-state index contributed by atoms with van der Waals surface area (Å²) in [5, 5.41) is 0. The molecular formula is C16H20BrNO4. The van der Waals surface area contributed by atoms with Gasteiger partial charge in [0.25, 0.3) is 5.91 Å². The van der Waals surface area contributed by atoms with Crippen molar-refractivity contribution in [3.63, 3.8) is 0 Å². The Morgan fingerprint density at radius 3 is 2.36 bits per heavy atom. The second kappa shape index (κ2) is 7.63. The molecule has 1 aliphatic heterocycles. The zero-order valence-corrected chi connectivity index (χ0v) is 14.3. The van der Waals surface area contributed by atoms with Crippen LogP contribution < -0.4 is 4.74 Å². The molecule has 120 valence electrons. The van der Waals surface area contributed by atoms with Crippen molar-refractivity contribution in [2.75, 3.05) is 20.2 Å². The van der Waals surface area contributed by atoms with Gasteiger partial charge in [0.2, 0.25) is 0 Å². The molecular weight excluding hydrogens is 350 g/mol. The predicted octanol–water partition coefficient (Wildman–Crippen LogP) is 2.63. The lowest BCUT2D eigenvalue weighted by Crippen LogP contribution is -2.45. The van der Waals surface area contributed by atoms with Crippen LogP contribution in [0.2, 0.25) is 0 Å². The maximum atomic E-state index is 12.4. The van der Waals surface area contributed by atoms with Crippen molar-refractivity contribution >= 4 is 27.8 Å². The molecule has 6 heteroatoms. The van der Waals surface area contributed by atoms with Gasteiger partial charge in [0.15, 0.2) is 6.10 Å². The monoisotopic (exact) mass is 369 g/mol. The fraction of sp³-hybridized carbons (Fsp3) is 0.500. The number of amides is 1. The number of piperidine rings is 1. The average Bonchev–Trinajstić information content (AvgIpc) is 2.55. The maximum Gasteiger partial charge on any atom is 0.308 e. The average molecular weight is 370 g/mol. The van der Waals surface area contributed by atoms with E-state index in [0.717, 1.165) is 4.47 Å². The van der Waals surface area contributed by atoms with Gasteiger partial charge in [-0.15, -0.1) is 0 Å². The summed E-state index contributed by atoms with van der Waals surface area (Å²) < 4.78 is 11.4. The zero-order valence-electron chi connectivity index (χ0n) is 12.8. The van der Waals surface area contributed by atoms with E-state index in [2.05, 4.69) is 15.9 Å². The lowest BCUT2D eigenvalue weighted by atomic mass is 9.97. The van der Waals surface area contributed by atoms with Crippen molar-refractivity contribution < 1.29 is 19.1 Å². The first-order valence-corrected chi connectivity index (χ1v) is 8.09. The highest BCUT2D eigenvalue weighted by Crippen LogP contribution is 2.21. The Hall–Kier alpha value is -1.56. The van der Waals surface area contributed by atoms with E-state index in [4.69, 9.17) is 9.47 Å². The Kier molecular flexibility index (Phi) is 5.83. The Morgan fingerprint density at radius 1 is 1.23 bits per heavy atom. The van der Waals surface area contributed by atoms with Crippen LogP contribution in [0, 0.1) is 5.92 Å². The van der Waals surface area contributed by atoms with Crippen molar-refractivity contribution in [2.24, 2.45) is 5.92 Å². The highest BCUT2D eigenvalue weighted by atomic mass is 79.9. The first-order valence-electron chi connectivity index (χ1n) is 7.30. The molecule has 2 rings (SSSR count). The number of halogens is 1. The number of esters is 1. The molecule has 1 atom stereocenters. The molecule has 0 spiro atoms. The van der Waals surface area contributed by atoms with Crippen LogP contribution in [-0.2, 0) is 14.3 Å². The maximum absolute atomic E-state index is 12.4. The fourth-order valence-electron chi connectivity index (χ4n) is 2.53. The topological polar surface area (TPSA) is 55.8 Å². The molecule has 1 aliphatic rings. The van der Waals surface area contributed by atoms with Crippen LogP contribution in [0.15, 0.2) is 28.7 Å². The SMILES string of the molecule is COC(=O)C1CCN(C(=O)[C@@H](C)Oc2ccc(Br)cc2)CC1. The minimum Gasteiger partial charge on any atom is -0.481 e. The number of methoxy groups -OCH3 is 1. The molecule has 0 saturated carbocycles. The second-order valence-electron chi connectivity index (χ2n) is 5.34.